The summed E-state index contributed by atoms with van der Waals surface area (Å²) in [6.45, 7) is 2.84. The third-order valence-electron chi connectivity index (χ3n) is 2.34. The van der Waals surface area contributed by atoms with E-state index in [1.807, 2.05) is 0 Å². The van der Waals surface area contributed by atoms with Crippen LogP contribution in [0.25, 0.3) is 0 Å². The van der Waals surface area contributed by atoms with Crippen LogP contribution >= 0.6 is 0 Å². The summed E-state index contributed by atoms with van der Waals surface area (Å²) in [6, 6.07) is 4.19. The lowest BCUT2D eigenvalue weighted by Gasteiger charge is -2.11. The van der Waals surface area contributed by atoms with Crippen molar-refractivity contribution in [1.82, 2.24) is 0 Å². The van der Waals surface area contributed by atoms with Crippen molar-refractivity contribution in [2.75, 3.05) is 0 Å². The number of benzene rings is 1. The Bertz CT molecular complexity index is 512. The van der Waals surface area contributed by atoms with Crippen LogP contribution in [0.15, 0.2) is 18.2 Å². The smallest absolute Gasteiger partial charge is 0.346 e. The summed E-state index contributed by atoms with van der Waals surface area (Å²) < 4.78 is 4.75. The van der Waals surface area contributed by atoms with Crippen LogP contribution in [0, 0.1) is 17.0 Å². The number of nitrogens with zero attached hydrogens (tertiary/aromatic N) is 1. The van der Waals surface area contributed by atoms with Crippen molar-refractivity contribution in [1.29, 1.82) is 0 Å². The van der Waals surface area contributed by atoms with E-state index in [-0.39, 0.29) is 11.3 Å². The van der Waals surface area contributed by atoms with E-state index in [9.17, 15) is 19.7 Å². The Labute approximate surface area is 103 Å². The fraction of sp³-hybridized carbons (Fsp3) is 0.273. The van der Waals surface area contributed by atoms with E-state index in [0.29, 0.717) is 5.56 Å². The van der Waals surface area contributed by atoms with Gasteiger partial charge in [0.2, 0.25) is 0 Å². The van der Waals surface area contributed by atoms with Gasteiger partial charge in [-0.1, -0.05) is 12.1 Å². The van der Waals surface area contributed by atoms with Gasteiger partial charge in [-0.25, -0.2) is 4.79 Å². The quantitative estimate of drug-likeness (QED) is 0.486. The number of primary amides is 1. The third kappa shape index (κ3) is 2.82. The van der Waals surface area contributed by atoms with Gasteiger partial charge in [0.05, 0.1) is 4.92 Å². The first kappa shape index (κ1) is 13.6. The third-order valence-corrected chi connectivity index (χ3v) is 2.34. The molecule has 0 aromatic heterocycles. The predicted octanol–water partition coefficient (Wildman–Crippen LogP) is 0.934. The van der Waals surface area contributed by atoms with E-state index in [1.165, 1.54) is 19.1 Å². The number of aryl methyl sites for hydroxylation is 1. The van der Waals surface area contributed by atoms with Crippen molar-refractivity contribution >= 4 is 17.6 Å². The number of carbonyl (C=O) groups is 2. The molecule has 1 aromatic carbocycles. The number of hydrogen-bond donors (Lipinski definition) is 1. The average molecular weight is 252 g/mol. The summed E-state index contributed by atoms with van der Waals surface area (Å²) in [7, 11) is 0. The highest BCUT2D eigenvalue weighted by molar-refractivity contribution is 5.97. The summed E-state index contributed by atoms with van der Waals surface area (Å²) in [4.78, 5) is 32.7. The van der Waals surface area contributed by atoms with Crippen LogP contribution in [0.2, 0.25) is 0 Å². The normalized spacial score (nSPS) is 11.7. The molecule has 1 amide bonds. The first-order valence-corrected chi connectivity index (χ1v) is 5.09. The van der Waals surface area contributed by atoms with Gasteiger partial charge < -0.3 is 10.5 Å². The maximum absolute atomic E-state index is 11.8. The highest BCUT2D eigenvalue weighted by Crippen LogP contribution is 2.23. The van der Waals surface area contributed by atoms with Gasteiger partial charge in [0.1, 0.15) is 5.56 Å². The monoisotopic (exact) mass is 252 g/mol. The van der Waals surface area contributed by atoms with Crippen LogP contribution in [-0.4, -0.2) is 22.9 Å². The fourth-order valence-electron chi connectivity index (χ4n) is 1.35. The number of rotatable bonds is 4. The van der Waals surface area contributed by atoms with Crippen LogP contribution in [0.3, 0.4) is 0 Å². The zero-order chi connectivity index (χ0) is 13.9. The Morgan fingerprint density at radius 3 is 2.56 bits per heavy atom. The maximum Gasteiger partial charge on any atom is 0.346 e. The highest BCUT2D eigenvalue weighted by atomic mass is 16.6. The summed E-state index contributed by atoms with van der Waals surface area (Å²) in [5.41, 5.74) is 4.81. The Kier molecular flexibility index (Phi) is 3.98. The van der Waals surface area contributed by atoms with Gasteiger partial charge in [0.15, 0.2) is 6.10 Å². The first-order valence-electron chi connectivity index (χ1n) is 5.09. The van der Waals surface area contributed by atoms with Crippen molar-refractivity contribution in [3.05, 3.63) is 39.4 Å². The van der Waals surface area contributed by atoms with Gasteiger partial charge in [-0.3, -0.25) is 14.9 Å². The van der Waals surface area contributed by atoms with Crippen LogP contribution < -0.4 is 5.73 Å². The van der Waals surface area contributed by atoms with Gasteiger partial charge in [0.25, 0.3) is 11.6 Å². The first-order chi connectivity index (χ1) is 8.34. The Morgan fingerprint density at radius 2 is 2.06 bits per heavy atom. The van der Waals surface area contributed by atoms with E-state index in [1.54, 1.807) is 13.0 Å². The van der Waals surface area contributed by atoms with Crippen molar-refractivity contribution in [3.63, 3.8) is 0 Å². The van der Waals surface area contributed by atoms with Crippen molar-refractivity contribution in [2.24, 2.45) is 5.73 Å². The molecule has 2 N–H and O–H groups in total. The molecule has 96 valence electrons. The van der Waals surface area contributed by atoms with Crippen LogP contribution in [0.4, 0.5) is 5.69 Å². The summed E-state index contributed by atoms with van der Waals surface area (Å²) in [5.74, 6) is -1.76. The zero-order valence-electron chi connectivity index (χ0n) is 9.88. The molecular weight excluding hydrogens is 240 g/mol. The molecule has 7 heteroatoms. The number of nitrogens with two attached hydrogens (primary N) is 1. The topological polar surface area (TPSA) is 113 Å². The van der Waals surface area contributed by atoms with Gasteiger partial charge in [-0.05, 0) is 19.4 Å². The average Bonchev–Trinajstić information content (AvgIpc) is 2.27. The molecule has 1 aromatic rings. The van der Waals surface area contributed by atoms with Gasteiger partial charge in [0, 0.05) is 6.07 Å². The molecule has 1 unspecified atom stereocenters. The molecule has 7 nitrogen and oxygen atoms in total. The Hall–Kier alpha value is -2.44. The van der Waals surface area contributed by atoms with E-state index in [0.717, 1.165) is 0 Å². The summed E-state index contributed by atoms with van der Waals surface area (Å²) in [5, 5.41) is 10.8. The molecule has 0 radical (unpaired) electrons. The molecular formula is C11H12N2O5. The molecule has 0 aliphatic heterocycles. The summed E-state index contributed by atoms with van der Waals surface area (Å²) >= 11 is 0. The minimum absolute atomic E-state index is 0.171. The van der Waals surface area contributed by atoms with Crippen LogP contribution in [0.1, 0.15) is 22.8 Å². The number of carbonyl (C=O) groups excluding carboxylic acids is 2. The molecule has 0 saturated heterocycles. The second-order valence-corrected chi connectivity index (χ2v) is 3.68. The lowest BCUT2D eigenvalue weighted by atomic mass is 10.1. The minimum atomic E-state index is -1.14. The fourth-order valence-corrected chi connectivity index (χ4v) is 1.35. The number of nitro groups is 1. The molecule has 0 heterocycles. The number of nitro benzene ring substituents is 1. The predicted molar refractivity (Wildman–Crippen MR) is 61.9 cm³/mol. The zero-order valence-corrected chi connectivity index (χ0v) is 9.88. The van der Waals surface area contributed by atoms with Crippen molar-refractivity contribution in [2.45, 2.75) is 20.0 Å². The highest BCUT2D eigenvalue weighted by Gasteiger charge is 2.26. The molecule has 1 atom stereocenters. The molecule has 0 saturated carbocycles. The second kappa shape index (κ2) is 5.26. The van der Waals surface area contributed by atoms with E-state index in [4.69, 9.17) is 10.5 Å². The van der Waals surface area contributed by atoms with Gasteiger partial charge >= 0.3 is 5.97 Å². The molecule has 0 bridgehead atoms. The van der Waals surface area contributed by atoms with Gasteiger partial charge in [-0.15, -0.1) is 0 Å². The molecule has 0 fully saturated rings. The van der Waals surface area contributed by atoms with Gasteiger partial charge in [-0.2, -0.15) is 0 Å². The molecule has 0 spiro atoms. The Morgan fingerprint density at radius 1 is 1.44 bits per heavy atom. The molecule has 0 aliphatic rings. The number of amides is 1. The van der Waals surface area contributed by atoms with Crippen LogP contribution in [0.5, 0.6) is 0 Å². The van der Waals surface area contributed by atoms with Crippen LogP contribution in [-0.2, 0) is 9.53 Å². The van der Waals surface area contributed by atoms with E-state index >= 15 is 0 Å². The van der Waals surface area contributed by atoms with E-state index < -0.39 is 22.9 Å². The standard InChI is InChI=1S/C11H12N2O5/c1-6-4-3-5-8(13(16)17)9(6)11(15)18-7(2)10(12)14/h3-5,7H,1-2H3,(H2,12,14). The van der Waals surface area contributed by atoms with Crippen molar-refractivity contribution in [3.8, 4) is 0 Å². The molecule has 0 aliphatic carbocycles. The number of hydrogen-bond acceptors (Lipinski definition) is 5. The maximum atomic E-state index is 11.8. The SMILES string of the molecule is Cc1cccc([N+](=O)[O-])c1C(=O)OC(C)C(N)=O. The Balaban J connectivity index is 3.12. The second-order valence-electron chi connectivity index (χ2n) is 3.68. The lowest BCUT2D eigenvalue weighted by molar-refractivity contribution is -0.385. The minimum Gasteiger partial charge on any atom is -0.449 e. The molecule has 1 rings (SSSR count). The lowest BCUT2D eigenvalue weighted by Crippen LogP contribution is -2.30. The molecule has 18 heavy (non-hydrogen) atoms. The van der Waals surface area contributed by atoms with E-state index in [2.05, 4.69) is 0 Å². The largest absolute Gasteiger partial charge is 0.449 e. The summed E-state index contributed by atoms with van der Waals surface area (Å²) in [6.07, 6.45) is -1.14. The number of esters is 1. The number of ether oxygens (including phenoxy) is 1. The van der Waals surface area contributed by atoms with Crippen molar-refractivity contribution < 1.29 is 19.2 Å².